The minimum absolute atomic E-state index is 0.00737. The first-order valence-electron chi connectivity index (χ1n) is 7.83. The molecule has 0 aromatic carbocycles. The van der Waals surface area contributed by atoms with Crippen molar-refractivity contribution in [2.45, 2.75) is 26.8 Å². The molecule has 0 spiro atoms. The van der Waals surface area contributed by atoms with Gasteiger partial charge in [0, 0.05) is 39.6 Å². The molecule has 2 rings (SSSR count). The Balaban J connectivity index is 1.94. The van der Waals surface area contributed by atoms with E-state index in [-0.39, 0.29) is 25.5 Å². The number of aryl methyl sites for hydroxylation is 1. The second-order valence-electron chi connectivity index (χ2n) is 5.31. The van der Waals surface area contributed by atoms with E-state index in [1.165, 1.54) is 20.6 Å². The molecular weight excluding hydrogens is 338 g/mol. The van der Waals surface area contributed by atoms with Gasteiger partial charge < -0.3 is 14.2 Å². The number of rotatable bonds is 6. The van der Waals surface area contributed by atoms with Crippen molar-refractivity contribution in [3.8, 4) is 0 Å². The molecule has 0 unspecified atom stereocenters. The maximum Gasteiger partial charge on any atom is 0.409 e. The minimum Gasteiger partial charge on any atom is -0.450 e. The van der Waals surface area contributed by atoms with Crippen molar-refractivity contribution in [3.05, 3.63) is 11.7 Å². The average Bonchev–Trinajstić information content (AvgIpc) is 3.02. The summed E-state index contributed by atoms with van der Waals surface area (Å²) in [4.78, 5) is 17.3. The summed E-state index contributed by atoms with van der Waals surface area (Å²) >= 11 is 0. The molecule has 0 aliphatic carbocycles. The number of carbonyl (C=O) groups is 1. The predicted molar refractivity (Wildman–Crippen MR) is 84.2 cm³/mol. The van der Waals surface area contributed by atoms with E-state index in [4.69, 9.17) is 9.26 Å². The molecule has 136 valence electrons. The van der Waals surface area contributed by atoms with Crippen LogP contribution in [0.1, 0.15) is 25.6 Å². The van der Waals surface area contributed by atoms with Gasteiger partial charge in [0.25, 0.3) is 10.2 Å². The van der Waals surface area contributed by atoms with Gasteiger partial charge in [-0.1, -0.05) is 12.1 Å². The van der Waals surface area contributed by atoms with E-state index >= 15 is 0 Å². The molecule has 1 fully saturated rings. The number of piperazine rings is 1. The molecule has 1 saturated heterocycles. The Bertz CT molecular complexity index is 653. The molecule has 0 atom stereocenters. The number of carbonyl (C=O) groups excluding carboxylic acids is 1. The molecular formula is C13H23N5O5S. The first kappa shape index (κ1) is 18.6. The van der Waals surface area contributed by atoms with Crippen molar-refractivity contribution in [2.24, 2.45) is 0 Å². The molecule has 1 aliphatic rings. The van der Waals surface area contributed by atoms with Gasteiger partial charge >= 0.3 is 6.09 Å². The first-order chi connectivity index (χ1) is 11.4. The normalized spacial score (nSPS) is 16.6. The standard InChI is InChI=1S/C13H23N5O5S/c1-4-11-14-12(23-15-11)10-16(3)24(20,21)18-8-6-17(7-9-18)13(19)22-5-2/h4-10H2,1-3H3. The SMILES string of the molecule is CCOC(=O)N1CCN(S(=O)(=O)N(C)Cc2nc(CC)no2)CC1. The highest BCUT2D eigenvalue weighted by molar-refractivity contribution is 7.86. The Morgan fingerprint density at radius 2 is 1.96 bits per heavy atom. The summed E-state index contributed by atoms with van der Waals surface area (Å²) in [6.45, 7) is 4.95. The molecule has 1 aromatic rings. The number of nitrogens with zero attached hydrogens (tertiary/aromatic N) is 5. The zero-order chi connectivity index (χ0) is 17.7. The first-order valence-corrected chi connectivity index (χ1v) is 9.22. The summed E-state index contributed by atoms with van der Waals surface area (Å²) in [7, 11) is -2.20. The van der Waals surface area contributed by atoms with E-state index in [1.807, 2.05) is 6.92 Å². The molecule has 1 aromatic heterocycles. The number of aromatic nitrogens is 2. The van der Waals surface area contributed by atoms with E-state index in [0.29, 0.717) is 31.9 Å². The fourth-order valence-electron chi connectivity index (χ4n) is 2.28. The second kappa shape index (κ2) is 7.90. The average molecular weight is 361 g/mol. The van der Waals surface area contributed by atoms with Crippen molar-refractivity contribution >= 4 is 16.3 Å². The second-order valence-corrected chi connectivity index (χ2v) is 7.34. The van der Waals surface area contributed by atoms with Gasteiger partial charge in [-0.25, -0.2) is 4.79 Å². The predicted octanol–water partition coefficient (Wildman–Crippen LogP) is 0.0827. The Labute approximate surface area is 141 Å². The summed E-state index contributed by atoms with van der Waals surface area (Å²) in [5.74, 6) is 0.793. The van der Waals surface area contributed by atoms with Crippen molar-refractivity contribution in [1.82, 2.24) is 23.7 Å². The molecule has 2 heterocycles. The molecule has 24 heavy (non-hydrogen) atoms. The van der Waals surface area contributed by atoms with Crippen LogP contribution in [0.2, 0.25) is 0 Å². The zero-order valence-electron chi connectivity index (χ0n) is 14.1. The Morgan fingerprint density at radius 1 is 1.29 bits per heavy atom. The monoisotopic (exact) mass is 361 g/mol. The summed E-state index contributed by atoms with van der Waals surface area (Å²) in [6.07, 6.45) is 0.205. The number of hydrogen-bond acceptors (Lipinski definition) is 7. The largest absolute Gasteiger partial charge is 0.450 e. The summed E-state index contributed by atoms with van der Waals surface area (Å²) in [5, 5.41) is 3.75. The Hall–Kier alpha value is -1.72. The van der Waals surface area contributed by atoms with E-state index in [2.05, 4.69) is 10.1 Å². The maximum absolute atomic E-state index is 12.6. The van der Waals surface area contributed by atoms with Gasteiger partial charge in [0.2, 0.25) is 5.89 Å². The van der Waals surface area contributed by atoms with E-state index in [9.17, 15) is 13.2 Å². The molecule has 10 nitrogen and oxygen atoms in total. The molecule has 11 heteroatoms. The van der Waals surface area contributed by atoms with Gasteiger partial charge in [-0.15, -0.1) is 0 Å². The van der Waals surface area contributed by atoms with Crippen LogP contribution in [0.25, 0.3) is 0 Å². The Morgan fingerprint density at radius 3 is 2.50 bits per heavy atom. The fraction of sp³-hybridized carbons (Fsp3) is 0.769. The zero-order valence-corrected chi connectivity index (χ0v) is 15.0. The van der Waals surface area contributed by atoms with E-state index in [1.54, 1.807) is 6.92 Å². The summed E-state index contributed by atoms with van der Waals surface area (Å²) in [5.41, 5.74) is 0. The minimum atomic E-state index is -3.66. The summed E-state index contributed by atoms with van der Waals surface area (Å²) < 4.78 is 37.6. The third-order valence-corrected chi connectivity index (χ3v) is 5.60. The van der Waals surface area contributed by atoms with Crippen LogP contribution in [0, 0.1) is 0 Å². The van der Waals surface area contributed by atoms with Crippen LogP contribution in [0.5, 0.6) is 0 Å². The number of hydrogen-bond donors (Lipinski definition) is 0. The molecule has 0 saturated carbocycles. The molecule has 0 radical (unpaired) electrons. The quantitative estimate of drug-likeness (QED) is 0.706. The number of ether oxygens (including phenoxy) is 1. The fourth-order valence-corrected chi connectivity index (χ4v) is 3.58. The van der Waals surface area contributed by atoms with Crippen LogP contribution < -0.4 is 0 Å². The van der Waals surface area contributed by atoms with Gasteiger partial charge in [0.15, 0.2) is 5.82 Å². The van der Waals surface area contributed by atoms with Crippen molar-refractivity contribution in [3.63, 3.8) is 0 Å². The molecule has 0 N–H and O–H groups in total. The third-order valence-electron chi connectivity index (χ3n) is 3.67. The van der Waals surface area contributed by atoms with Crippen LogP contribution >= 0.6 is 0 Å². The lowest BCUT2D eigenvalue weighted by Crippen LogP contribution is -2.53. The van der Waals surface area contributed by atoms with E-state index in [0.717, 1.165) is 0 Å². The van der Waals surface area contributed by atoms with Crippen LogP contribution in [-0.4, -0.2) is 78.0 Å². The maximum atomic E-state index is 12.6. The molecule has 1 aliphatic heterocycles. The summed E-state index contributed by atoms with van der Waals surface area (Å²) in [6, 6.07) is 0. The van der Waals surface area contributed by atoms with Gasteiger partial charge in [-0.2, -0.15) is 22.0 Å². The number of amides is 1. The van der Waals surface area contributed by atoms with Gasteiger partial charge in [0.05, 0.1) is 13.2 Å². The Kier molecular flexibility index (Phi) is 6.13. The lowest BCUT2D eigenvalue weighted by atomic mass is 10.4. The highest BCUT2D eigenvalue weighted by Crippen LogP contribution is 2.14. The highest BCUT2D eigenvalue weighted by Gasteiger charge is 2.32. The smallest absolute Gasteiger partial charge is 0.409 e. The third kappa shape index (κ3) is 4.22. The molecule has 1 amide bonds. The van der Waals surface area contributed by atoms with Crippen molar-refractivity contribution < 1.29 is 22.5 Å². The van der Waals surface area contributed by atoms with E-state index < -0.39 is 16.3 Å². The van der Waals surface area contributed by atoms with Crippen LogP contribution in [0.3, 0.4) is 0 Å². The highest BCUT2D eigenvalue weighted by atomic mass is 32.2. The lowest BCUT2D eigenvalue weighted by molar-refractivity contribution is 0.0925. The van der Waals surface area contributed by atoms with Crippen molar-refractivity contribution in [2.75, 3.05) is 39.8 Å². The van der Waals surface area contributed by atoms with Crippen LogP contribution in [0.15, 0.2) is 4.52 Å². The van der Waals surface area contributed by atoms with Crippen LogP contribution in [0.4, 0.5) is 4.79 Å². The molecule has 0 bridgehead atoms. The van der Waals surface area contributed by atoms with Gasteiger partial charge in [-0.3, -0.25) is 0 Å². The van der Waals surface area contributed by atoms with Gasteiger partial charge in [-0.05, 0) is 6.92 Å². The van der Waals surface area contributed by atoms with Gasteiger partial charge in [0.1, 0.15) is 0 Å². The topological polar surface area (TPSA) is 109 Å². The van der Waals surface area contributed by atoms with Crippen LogP contribution in [-0.2, 0) is 27.9 Å². The lowest BCUT2D eigenvalue weighted by Gasteiger charge is -2.34. The van der Waals surface area contributed by atoms with Crippen molar-refractivity contribution in [1.29, 1.82) is 0 Å².